The molecule has 1 fully saturated rings. The Morgan fingerprint density at radius 2 is 2.04 bits per heavy atom. The van der Waals surface area contributed by atoms with Crippen molar-refractivity contribution in [3.8, 4) is 5.88 Å². The number of hydrogen-bond donors (Lipinski definition) is 0. The zero-order chi connectivity index (χ0) is 19.7. The van der Waals surface area contributed by atoms with Crippen LogP contribution >= 0.6 is 11.8 Å². The summed E-state index contributed by atoms with van der Waals surface area (Å²) in [6.07, 6.45) is -3.99. The van der Waals surface area contributed by atoms with Crippen molar-refractivity contribution in [2.24, 2.45) is 0 Å². The second kappa shape index (κ2) is 7.34. The highest BCUT2D eigenvalue weighted by atomic mass is 32.2. The van der Waals surface area contributed by atoms with Gasteiger partial charge in [0, 0.05) is 12.3 Å². The fraction of sp³-hybridized carbons (Fsp3) is 0.278. The number of ether oxygens (including phenoxy) is 1. The lowest BCUT2D eigenvalue weighted by atomic mass is 10.1. The Morgan fingerprint density at radius 3 is 2.71 bits per heavy atom. The summed E-state index contributed by atoms with van der Waals surface area (Å²) in [5, 5.41) is 0.428. The summed E-state index contributed by atoms with van der Waals surface area (Å²) < 4.78 is 48.6. The normalized spacial score (nSPS) is 14.9. The number of halogens is 3. The van der Waals surface area contributed by atoms with Crippen LogP contribution in [0.25, 0.3) is 11.1 Å². The Hall–Kier alpha value is -2.75. The summed E-state index contributed by atoms with van der Waals surface area (Å²) in [6, 6.07) is 9.44. The minimum Gasteiger partial charge on any atom is -0.471 e. The fourth-order valence-electron chi connectivity index (χ4n) is 2.63. The van der Waals surface area contributed by atoms with Crippen LogP contribution in [0.4, 0.5) is 13.2 Å². The molecule has 2 aromatic heterocycles. The fourth-order valence-corrected chi connectivity index (χ4v) is 3.37. The van der Waals surface area contributed by atoms with Crippen molar-refractivity contribution in [1.29, 1.82) is 0 Å². The van der Waals surface area contributed by atoms with Gasteiger partial charge < -0.3 is 14.1 Å². The number of aromatic nitrogens is 2. The van der Waals surface area contributed by atoms with E-state index in [9.17, 15) is 18.0 Å². The average Bonchev–Trinajstić information content (AvgIpc) is 3.05. The molecule has 1 aliphatic heterocycles. The molecule has 0 bridgehead atoms. The number of fused-ring (bicyclic) bond motifs is 1. The molecule has 6 nitrogen and oxygen atoms in total. The highest BCUT2D eigenvalue weighted by Gasteiger charge is 2.33. The Labute approximate surface area is 161 Å². The predicted octanol–water partition coefficient (Wildman–Crippen LogP) is 3.62. The van der Waals surface area contributed by atoms with Gasteiger partial charge in [-0.1, -0.05) is 23.9 Å². The quantitative estimate of drug-likeness (QED) is 0.600. The molecule has 0 aliphatic carbocycles. The highest BCUT2D eigenvalue weighted by molar-refractivity contribution is 7.99. The van der Waals surface area contributed by atoms with Gasteiger partial charge in [0.2, 0.25) is 11.8 Å². The van der Waals surface area contributed by atoms with E-state index in [0.29, 0.717) is 23.9 Å². The molecule has 1 amide bonds. The van der Waals surface area contributed by atoms with Gasteiger partial charge in [-0.3, -0.25) is 4.79 Å². The number of hydrogen-bond acceptors (Lipinski definition) is 6. The van der Waals surface area contributed by atoms with Gasteiger partial charge in [-0.2, -0.15) is 13.2 Å². The van der Waals surface area contributed by atoms with Gasteiger partial charge in [-0.05, 0) is 18.2 Å². The number of oxazole rings is 1. The molecule has 146 valence electrons. The second-order valence-electron chi connectivity index (χ2n) is 6.16. The first-order valence-corrected chi connectivity index (χ1v) is 9.33. The van der Waals surface area contributed by atoms with Crippen molar-refractivity contribution in [2.45, 2.75) is 17.5 Å². The number of benzene rings is 1. The maximum atomic E-state index is 12.5. The first kappa shape index (κ1) is 18.6. The molecule has 0 saturated carbocycles. The molecule has 3 heterocycles. The zero-order valence-corrected chi connectivity index (χ0v) is 15.2. The van der Waals surface area contributed by atoms with E-state index in [2.05, 4.69) is 9.97 Å². The Balaban J connectivity index is 1.24. The number of pyridine rings is 1. The molecule has 10 heteroatoms. The third-order valence-electron chi connectivity index (χ3n) is 4.15. The zero-order valence-electron chi connectivity index (χ0n) is 14.3. The number of rotatable bonds is 5. The van der Waals surface area contributed by atoms with E-state index in [-0.39, 0.29) is 23.6 Å². The van der Waals surface area contributed by atoms with Crippen molar-refractivity contribution in [3.63, 3.8) is 0 Å². The first-order chi connectivity index (χ1) is 13.4. The van der Waals surface area contributed by atoms with E-state index < -0.39 is 11.7 Å². The molecule has 28 heavy (non-hydrogen) atoms. The van der Waals surface area contributed by atoms with Gasteiger partial charge in [-0.25, -0.2) is 9.97 Å². The summed E-state index contributed by atoms with van der Waals surface area (Å²) in [7, 11) is 0. The number of likely N-dealkylation sites (tertiary alicyclic amines) is 1. The van der Waals surface area contributed by atoms with Crippen LogP contribution in [0.5, 0.6) is 5.88 Å². The number of nitrogens with zero attached hydrogens (tertiary/aromatic N) is 3. The molecule has 4 rings (SSSR count). The first-order valence-electron chi connectivity index (χ1n) is 8.34. The predicted molar refractivity (Wildman–Crippen MR) is 95.0 cm³/mol. The van der Waals surface area contributed by atoms with Gasteiger partial charge in [0.1, 0.15) is 11.6 Å². The minimum absolute atomic E-state index is 0.0903. The van der Waals surface area contributed by atoms with Crippen LogP contribution in [0.3, 0.4) is 0 Å². The summed E-state index contributed by atoms with van der Waals surface area (Å²) in [4.78, 5) is 21.8. The number of carbonyl (C=O) groups is 1. The number of alkyl halides is 3. The number of amides is 1. The molecule has 1 aliphatic rings. The molecular weight excluding hydrogens is 395 g/mol. The average molecular weight is 409 g/mol. The molecule has 1 aromatic carbocycles. The van der Waals surface area contributed by atoms with E-state index >= 15 is 0 Å². The largest absolute Gasteiger partial charge is 0.471 e. The third-order valence-corrected chi connectivity index (χ3v) is 4.96. The number of carbonyl (C=O) groups excluding carboxylic acids is 1. The summed E-state index contributed by atoms with van der Waals surface area (Å²) in [6.45, 7) is 0.714. The monoisotopic (exact) mass is 409 g/mol. The Morgan fingerprint density at radius 1 is 1.25 bits per heavy atom. The Bertz CT molecular complexity index is 952. The molecule has 3 aromatic rings. The lowest BCUT2D eigenvalue weighted by Gasteiger charge is -2.38. The summed E-state index contributed by atoms with van der Waals surface area (Å²) >= 11 is 1.21. The molecule has 0 spiro atoms. The number of para-hydroxylation sites is 2. The lowest BCUT2D eigenvalue weighted by molar-refractivity contribution is -0.138. The van der Waals surface area contributed by atoms with E-state index in [1.165, 1.54) is 17.8 Å². The molecular formula is C18H14F3N3O3S. The van der Waals surface area contributed by atoms with Crippen molar-refractivity contribution in [1.82, 2.24) is 14.9 Å². The lowest BCUT2D eigenvalue weighted by Crippen LogP contribution is -2.56. The topological polar surface area (TPSA) is 68.5 Å². The maximum Gasteiger partial charge on any atom is 0.417 e. The van der Waals surface area contributed by atoms with E-state index in [0.717, 1.165) is 17.8 Å². The minimum atomic E-state index is -4.43. The van der Waals surface area contributed by atoms with Gasteiger partial charge in [0.15, 0.2) is 5.58 Å². The van der Waals surface area contributed by atoms with Crippen LogP contribution in [-0.2, 0) is 11.0 Å². The van der Waals surface area contributed by atoms with Gasteiger partial charge >= 0.3 is 6.18 Å². The molecule has 0 atom stereocenters. The van der Waals surface area contributed by atoms with Crippen LogP contribution in [0.1, 0.15) is 5.56 Å². The molecule has 0 unspecified atom stereocenters. The highest BCUT2D eigenvalue weighted by Crippen LogP contribution is 2.29. The van der Waals surface area contributed by atoms with Crippen LogP contribution in [-0.4, -0.2) is 45.7 Å². The van der Waals surface area contributed by atoms with Gasteiger partial charge in [0.25, 0.3) is 5.22 Å². The number of thioether (sulfide) groups is 1. The van der Waals surface area contributed by atoms with Gasteiger partial charge in [-0.15, -0.1) is 0 Å². The van der Waals surface area contributed by atoms with Crippen molar-refractivity contribution in [3.05, 3.63) is 48.2 Å². The van der Waals surface area contributed by atoms with Crippen LogP contribution in [0, 0.1) is 0 Å². The third kappa shape index (κ3) is 4.06. The van der Waals surface area contributed by atoms with E-state index in [4.69, 9.17) is 9.15 Å². The van der Waals surface area contributed by atoms with Crippen molar-refractivity contribution >= 4 is 28.8 Å². The van der Waals surface area contributed by atoms with E-state index in [1.807, 2.05) is 18.2 Å². The SMILES string of the molecule is O=C(CSc1nc2ccccc2o1)N1CC(Oc2ccc(C(F)(F)F)cn2)C1. The standard InChI is InChI=1S/C18H14F3N3O3S/c19-18(20,21)11-5-6-15(22-7-11)26-12-8-24(9-12)16(25)10-28-17-23-13-3-1-2-4-14(13)27-17/h1-7,12H,8-10H2. The van der Waals surface area contributed by atoms with Crippen LogP contribution in [0.2, 0.25) is 0 Å². The van der Waals surface area contributed by atoms with Crippen molar-refractivity contribution in [2.75, 3.05) is 18.8 Å². The van der Waals surface area contributed by atoms with Crippen LogP contribution < -0.4 is 4.74 Å². The van der Waals surface area contributed by atoms with Crippen LogP contribution in [0.15, 0.2) is 52.2 Å². The van der Waals surface area contributed by atoms with Gasteiger partial charge in [0.05, 0.1) is 24.4 Å². The van der Waals surface area contributed by atoms with E-state index in [1.54, 1.807) is 11.0 Å². The second-order valence-corrected chi connectivity index (χ2v) is 7.08. The molecule has 0 N–H and O–H groups in total. The Kier molecular flexibility index (Phi) is 4.88. The molecule has 0 radical (unpaired) electrons. The maximum absolute atomic E-state index is 12.5. The van der Waals surface area contributed by atoms with Crippen molar-refractivity contribution < 1.29 is 27.1 Å². The smallest absolute Gasteiger partial charge is 0.417 e. The summed E-state index contributed by atoms with van der Waals surface area (Å²) in [5.74, 6) is 0.191. The summed E-state index contributed by atoms with van der Waals surface area (Å²) in [5.41, 5.74) is 0.569. The molecule has 1 saturated heterocycles.